The second kappa shape index (κ2) is 9.70. The minimum absolute atomic E-state index is 0.107. The van der Waals surface area contributed by atoms with Crippen molar-refractivity contribution in [2.45, 2.75) is 26.3 Å². The van der Waals surface area contributed by atoms with Gasteiger partial charge in [-0.2, -0.15) is 0 Å². The molecule has 1 amide bonds. The number of amides is 1. The largest absolute Gasteiger partial charge is 0.342 e. The molecular formula is C26H27NO. The monoisotopic (exact) mass is 369 g/mol. The molecule has 0 fully saturated rings. The lowest BCUT2D eigenvalue weighted by atomic mass is 9.98. The van der Waals surface area contributed by atoms with Crippen LogP contribution in [-0.4, -0.2) is 5.91 Å². The Labute approximate surface area is 167 Å². The molecule has 0 aliphatic rings. The van der Waals surface area contributed by atoms with Crippen molar-refractivity contribution in [3.8, 4) is 0 Å². The molecule has 0 aliphatic heterocycles. The van der Waals surface area contributed by atoms with Crippen LogP contribution in [0.4, 0.5) is 0 Å². The van der Waals surface area contributed by atoms with Gasteiger partial charge in [0.1, 0.15) is 0 Å². The van der Waals surface area contributed by atoms with E-state index >= 15 is 0 Å². The van der Waals surface area contributed by atoms with Gasteiger partial charge < -0.3 is 5.32 Å². The third-order valence-electron chi connectivity index (χ3n) is 4.60. The van der Waals surface area contributed by atoms with Crippen molar-refractivity contribution >= 4 is 12.0 Å². The van der Waals surface area contributed by atoms with Crippen LogP contribution < -0.4 is 5.32 Å². The summed E-state index contributed by atoms with van der Waals surface area (Å²) in [6.07, 6.45) is 4.54. The fraction of sp³-hybridized carbons (Fsp3) is 0.192. The highest BCUT2D eigenvalue weighted by Gasteiger charge is 2.15. The molecule has 0 saturated carbocycles. The Balaban J connectivity index is 1.71. The SMILES string of the molecule is CC(C)Cc1ccc(C=CC(=O)NC(c2ccccc2)c2ccccc2)cc1. The van der Waals surface area contributed by atoms with Crippen molar-refractivity contribution in [3.05, 3.63) is 113 Å². The first-order valence-corrected chi connectivity index (χ1v) is 9.79. The van der Waals surface area contributed by atoms with Gasteiger partial charge in [0.2, 0.25) is 5.91 Å². The molecule has 0 bridgehead atoms. The Morgan fingerprint density at radius 1 is 0.821 bits per heavy atom. The zero-order valence-electron chi connectivity index (χ0n) is 16.5. The first kappa shape index (κ1) is 19.6. The second-order valence-electron chi connectivity index (χ2n) is 7.44. The van der Waals surface area contributed by atoms with Gasteiger partial charge in [0.05, 0.1) is 6.04 Å². The summed E-state index contributed by atoms with van der Waals surface area (Å²) in [4.78, 5) is 12.6. The summed E-state index contributed by atoms with van der Waals surface area (Å²) in [5, 5.41) is 3.13. The predicted octanol–water partition coefficient (Wildman–Crippen LogP) is 5.80. The fourth-order valence-electron chi connectivity index (χ4n) is 3.25. The molecule has 0 saturated heterocycles. The smallest absolute Gasteiger partial charge is 0.244 e. The van der Waals surface area contributed by atoms with Crippen LogP contribution in [0.25, 0.3) is 6.08 Å². The van der Waals surface area contributed by atoms with Crippen LogP contribution in [-0.2, 0) is 11.2 Å². The van der Waals surface area contributed by atoms with E-state index in [0.717, 1.165) is 23.1 Å². The Bertz CT molecular complexity index is 857. The van der Waals surface area contributed by atoms with E-state index in [2.05, 4.69) is 43.4 Å². The minimum Gasteiger partial charge on any atom is -0.342 e. The van der Waals surface area contributed by atoms with Crippen LogP contribution in [0.2, 0.25) is 0 Å². The van der Waals surface area contributed by atoms with Gasteiger partial charge in [0.15, 0.2) is 0 Å². The molecule has 0 radical (unpaired) electrons. The highest BCUT2D eigenvalue weighted by molar-refractivity contribution is 5.92. The third-order valence-corrected chi connectivity index (χ3v) is 4.60. The number of hydrogen-bond donors (Lipinski definition) is 1. The fourth-order valence-corrected chi connectivity index (χ4v) is 3.25. The van der Waals surface area contributed by atoms with E-state index in [4.69, 9.17) is 0 Å². The maximum Gasteiger partial charge on any atom is 0.244 e. The van der Waals surface area contributed by atoms with Crippen molar-refractivity contribution < 1.29 is 4.79 Å². The standard InChI is InChI=1S/C26H27NO/c1-20(2)19-22-15-13-21(14-16-22)17-18-25(28)27-26(23-9-5-3-6-10-23)24-11-7-4-8-12-24/h3-18,20,26H,19H2,1-2H3,(H,27,28). The van der Waals surface area contributed by atoms with Crippen LogP contribution in [0.15, 0.2) is 91.0 Å². The molecule has 142 valence electrons. The third kappa shape index (κ3) is 5.68. The molecule has 0 aromatic heterocycles. The highest BCUT2D eigenvalue weighted by Crippen LogP contribution is 2.21. The van der Waals surface area contributed by atoms with E-state index in [1.165, 1.54) is 5.56 Å². The maximum absolute atomic E-state index is 12.6. The summed E-state index contributed by atoms with van der Waals surface area (Å²) in [6, 6.07) is 28.3. The predicted molar refractivity (Wildman–Crippen MR) is 117 cm³/mol. The Morgan fingerprint density at radius 3 is 1.86 bits per heavy atom. The molecule has 1 N–H and O–H groups in total. The Hall–Kier alpha value is -3.13. The molecule has 0 spiro atoms. The number of rotatable bonds is 7. The lowest BCUT2D eigenvalue weighted by Gasteiger charge is -2.19. The number of carbonyl (C=O) groups is 1. The number of nitrogens with one attached hydrogen (secondary N) is 1. The molecule has 28 heavy (non-hydrogen) atoms. The first-order chi connectivity index (χ1) is 13.6. The molecule has 3 aromatic carbocycles. The Kier molecular flexibility index (Phi) is 6.80. The topological polar surface area (TPSA) is 29.1 Å². The van der Waals surface area contributed by atoms with Crippen molar-refractivity contribution in [3.63, 3.8) is 0 Å². The highest BCUT2D eigenvalue weighted by atomic mass is 16.1. The molecule has 3 aromatic rings. The quantitative estimate of drug-likeness (QED) is 0.524. The average Bonchev–Trinajstić information content (AvgIpc) is 2.72. The van der Waals surface area contributed by atoms with Gasteiger partial charge in [-0.25, -0.2) is 0 Å². The van der Waals surface area contributed by atoms with Crippen molar-refractivity contribution in [1.82, 2.24) is 5.32 Å². The average molecular weight is 370 g/mol. The zero-order valence-corrected chi connectivity index (χ0v) is 16.5. The number of carbonyl (C=O) groups excluding carboxylic acids is 1. The maximum atomic E-state index is 12.6. The van der Waals surface area contributed by atoms with E-state index in [0.29, 0.717) is 5.92 Å². The van der Waals surface area contributed by atoms with Gasteiger partial charge in [-0.1, -0.05) is 98.8 Å². The molecular weight excluding hydrogens is 342 g/mol. The van der Waals surface area contributed by atoms with E-state index < -0.39 is 0 Å². The van der Waals surface area contributed by atoms with Gasteiger partial charge in [0.25, 0.3) is 0 Å². The van der Waals surface area contributed by atoms with Gasteiger partial charge in [-0.3, -0.25) is 4.79 Å². The number of benzene rings is 3. The van der Waals surface area contributed by atoms with Crippen LogP contribution in [0.1, 0.15) is 42.1 Å². The zero-order chi connectivity index (χ0) is 19.8. The lowest BCUT2D eigenvalue weighted by Crippen LogP contribution is -2.27. The van der Waals surface area contributed by atoms with E-state index in [1.807, 2.05) is 66.7 Å². The first-order valence-electron chi connectivity index (χ1n) is 9.79. The second-order valence-corrected chi connectivity index (χ2v) is 7.44. The van der Waals surface area contributed by atoms with Crippen molar-refractivity contribution in [1.29, 1.82) is 0 Å². The van der Waals surface area contributed by atoms with Crippen molar-refractivity contribution in [2.75, 3.05) is 0 Å². The van der Waals surface area contributed by atoms with Crippen LogP contribution >= 0.6 is 0 Å². The molecule has 0 heterocycles. The van der Waals surface area contributed by atoms with Crippen LogP contribution in [0.3, 0.4) is 0 Å². The summed E-state index contributed by atoms with van der Waals surface area (Å²) < 4.78 is 0. The summed E-state index contributed by atoms with van der Waals surface area (Å²) in [6.45, 7) is 4.43. The lowest BCUT2D eigenvalue weighted by molar-refractivity contribution is -0.116. The van der Waals surface area contributed by atoms with Crippen LogP contribution in [0, 0.1) is 5.92 Å². The minimum atomic E-state index is -0.173. The molecule has 0 aliphatic carbocycles. The van der Waals surface area contributed by atoms with Gasteiger partial charge in [-0.15, -0.1) is 0 Å². The Morgan fingerprint density at radius 2 is 1.36 bits per heavy atom. The summed E-state index contributed by atoms with van der Waals surface area (Å²) in [5.74, 6) is 0.532. The molecule has 0 unspecified atom stereocenters. The number of hydrogen-bond acceptors (Lipinski definition) is 1. The summed E-state index contributed by atoms with van der Waals surface area (Å²) >= 11 is 0. The molecule has 2 heteroatoms. The van der Waals surface area contributed by atoms with Crippen molar-refractivity contribution in [2.24, 2.45) is 5.92 Å². The molecule has 2 nitrogen and oxygen atoms in total. The van der Waals surface area contributed by atoms with E-state index in [9.17, 15) is 4.79 Å². The van der Waals surface area contributed by atoms with Gasteiger partial charge in [-0.05, 0) is 40.7 Å². The molecule has 0 atom stereocenters. The van der Waals surface area contributed by atoms with Gasteiger partial charge >= 0.3 is 0 Å². The summed E-state index contributed by atoms with van der Waals surface area (Å²) in [7, 11) is 0. The van der Waals surface area contributed by atoms with Crippen LogP contribution in [0.5, 0.6) is 0 Å². The van der Waals surface area contributed by atoms with Gasteiger partial charge in [0, 0.05) is 6.08 Å². The summed E-state index contributed by atoms with van der Waals surface area (Å²) in [5.41, 5.74) is 4.48. The molecule has 3 rings (SSSR count). The van der Waals surface area contributed by atoms with E-state index in [-0.39, 0.29) is 11.9 Å². The van der Waals surface area contributed by atoms with E-state index in [1.54, 1.807) is 6.08 Å². The normalized spacial score (nSPS) is 11.3.